The average Bonchev–Trinajstić information content (AvgIpc) is 3.21. The number of nitrogens with zero attached hydrogens (tertiary/aromatic N) is 5. The summed E-state index contributed by atoms with van der Waals surface area (Å²) in [6, 6.07) is 0. The molecule has 0 bridgehead atoms. The molecule has 1 unspecified atom stereocenters. The fraction of sp³-hybridized carbons (Fsp3) is 0.900. The van der Waals surface area contributed by atoms with Gasteiger partial charge in [-0.1, -0.05) is 0 Å². The molecule has 3 aliphatic heterocycles. The van der Waals surface area contributed by atoms with E-state index >= 15 is 0 Å². The molecule has 1 amide bonds. The maximum Gasteiger partial charge on any atom is 0.236 e. The van der Waals surface area contributed by atoms with Crippen molar-refractivity contribution in [2.75, 3.05) is 79.0 Å². The molecule has 1 atom stereocenters. The summed E-state index contributed by atoms with van der Waals surface area (Å²) in [5.74, 6) is 2.04. The summed E-state index contributed by atoms with van der Waals surface area (Å²) < 4.78 is 0. The van der Waals surface area contributed by atoms with Gasteiger partial charge < -0.3 is 20.0 Å². The second kappa shape index (κ2) is 12.2. The van der Waals surface area contributed by atoms with Crippen molar-refractivity contribution in [2.45, 2.75) is 32.6 Å². The number of amides is 1. The number of piperidine rings is 1. The van der Waals surface area contributed by atoms with Crippen LogP contribution in [0.1, 0.15) is 32.6 Å². The summed E-state index contributed by atoms with van der Waals surface area (Å²) >= 11 is 0. The Kier molecular flexibility index (Phi) is 10.3. The highest BCUT2D eigenvalue weighted by molar-refractivity contribution is 14.0. The molecule has 0 spiro atoms. The van der Waals surface area contributed by atoms with Gasteiger partial charge in [0.25, 0.3) is 0 Å². The number of carbonyl (C=O) groups is 1. The van der Waals surface area contributed by atoms with Crippen molar-refractivity contribution in [3.05, 3.63) is 0 Å². The first-order valence-corrected chi connectivity index (χ1v) is 10.9. The largest absolute Gasteiger partial charge is 0.357 e. The van der Waals surface area contributed by atoms with E-state index in [0.717, 1.165) is 64.9 Å². The number of guanidine groups is 1. The van der Waals surface area contributed by atoms with Crippen molar-refractivity contribution in [1.29, 1.82) is 0 Å². The van der Waals surface area contributed by atoms with Gasteiger partial charge in [-0.15, -0.1) is 24.0 Å². The lowest BCUT2D eigenvalue weighted by atomic mass is 9.99. The van der Waals surface area contributed by atoms with Crippen LogP contribution in [0.5, 0.6) is 0 Å². The third-order valence-corrected chi connectivity index (χ3v) is 6.05. The minimum absolute atomic E-state index is 0. The number of carbonyl (C=O) groups excluding carboxylic acids is 1. The molecule has 162 valence electrons. The molecule has 0 aromatic carbocycles. The topological polar surface area (TPSA) is 54.4 Å². The van der Waals surface area contributed by atoms with Gasteiger partial charge in [-0.05, 0) is 52.1 Å². The molecule has 0 radical (unpaired) electrons. The van der Waals surface area contributed by atoms with E-state index in [1.807, 2.05) is 4.90 Å². The van der Waals surface area contributed by atoms with E-state index < -0.39 is 0 Å². The Morgan fingerprint density at radius 1 is 1.00 bits per heavy atom. The zero-order valence-electron chi connectivity index (χ0n) is 17.7. The van der Waals surface area contributed by atoms with Gasteiger partial charge in [0.2, 0.25) is 5.91 Å². The van der Waals surface area contributed by atoms with Gasteiger partial charge >= 0.3 is 0 Å². The maximum atomic E-state index is 12.4. The summed E-state index contributed by atoms with van der Waals surface area (Å²) in [5, 5.41) is 3.47. The Morgan fingerprint density at radius 2 is 1.71 bits per heavy atom. The molecule has 3 aliphatic rings. The molecule has 28 heavy (non-hydrogen) atoms. The van der Waals surface area contributed by atoms with Crippen LogP contribution in [0, 0.1) is 5.92 Å². The molecule has 3 rings (SSSR count). The molecular weight excluding hydrogens is 467 g/mol. The number of rotatable bonds is 5. The third kappa shape index (κ3) is 7.02. The first kappa shape index (κ1) is 23.7. The van der Waals surface area contributed by atoms with E-state index in [-0.39, 0.29) is 24.0 Å². The number of likely N-dealkylation sites (tertiary alicyclic amines) is 2. The number of nitrogens with one attached hydrogen (secondary N) is 1. The molecule has 3 saturated heterocycles. The predicted molar refractivity (Wildman–Crippen MR) is 125 cm³/mol. The van der Waals surface area contributed by atoms with Crippen molar-refractivity contribution in [2.24, 2.45) is 10.9 Å². The van der Waals surface area contributed by atoms with Crippen LogP contribution < -0.4 is 5.32 Å². The number of hydrogen-bond acceptors (Lipinski definition) is 4. The minimum atomic E-state index is 0. The zero-order valence-corrected chi connectivity index (χ0v) is 20.1. The predicted octanol–water partition coefficient (Wildman–Crippen LogP) is 1.15. The molecular formula is C20H39IN6O. The van der Waals surface area contributed by atoms with E-state index in [1.165, 1.54) is 32.2 Å². The van der Waals surface area contributed by atoms with Crippen molar-refractivity contribution in [1.82, 2.24) is 24.9 Å². The van der Waals surface area contributed by atoms with Crippen LogP contribution in [0.2, 0.25) is 0 Å². The van der Waals surface area contributed by atoms with Gasteiger partial charge in [0.15, 0.2) is 5.96 Å². The second-order valence-corrected chi connectivity index (χ2v) is 8.32. The van der Waals surface area contributed by atoms with Crippen molar-refractivity contribution in [3.63, 3.8) is 0 Å². The Morgan fingerprint density at radius 3 is 2.36 bits per heavy atom. The lowest BCUT2D eigenvalue weighted by Gasteiger charge is -2.37. The monoisotopic (exact) mass is 506 g/mol. The smallest absolute Gasteiger partial charge is 0.236 e. The Balaban J connectivity index is 0.00000280. The maximum absolute atomic E-state index is 12.4. The Labute approximate surface area is 187 Å². The van der Waals surface area contributed by atoms with E-state index in [1.54, 1.807) is 0 Å². The minimum Gasteiger partial charge on any atom is -0.357 e. The Bertz CT molecular complexity index is 503. The molecule has 0 aliphatic carbocycles. The standard InChI is InChI=1S/C20H38N6O.HI/c1-3-21-20(22-15-18-7-6-8-23(2)16-18)26-13-11-24(12-14-26)17-19(27)25-9-4-5-10-25;/h18H,3-17H2,1-2H3,(H,21,22);1H. The van der Waals surface area contributed by atoms with Crippen LogP contribution in [0.4, 0.5) is 0 Å². The summed E-state index contributed by atoms with van der Waals surface area (Å²) in [5.41, 5.74) is 0. The second-order valence-electron chi connectivity index (χ2n) is 8.32. The summed E-state index contributed by atoms with van der Waals surface area (Å²) in [6.07, 6.45) is 4.91. The van der Waals surface area contributed by atoms with Crippen LogP contribution in [0.3, 0.4) is 0 Å². The lowest BCUT2D eigenvalue weighted by molar-refractivity contribution is -0.131. The van der Waals surface area contributed by atoms with E-state index in [2.05, 4.69) is 34.0 Å². The molecule has 1 N–H and O–H groups in total. The van der Waals surface area contributed by atoms with Crippen molar-refractivity contribution in [3.8, 4) is 0 Å². The van der Waals surface area contributed by atoms with Gasteiger partial charge in [0.05, 0.1) is 6.54 Å². The van der Waals surface area contributed by atoms with Crippen LogP contribution in [0.15, 0.2) is 4.99 Å². The highest BCUT2D eigenvalue weighted by atomic mass is 127. The van der Waals surface area contributed by atoms with Gasteiger partial charge in [-0.3, -0.25) is 14.7 Å². The fourth-order valence-corrected chi connectivity index (χ4v) is 4.44. The average molecular weight is 506 g/mol. The van der Waals surface area contributed by atoms with Gasteiger partial charge in [-0.2, -0.15) is 0 Å². The van der Waals surface area contributed by atoms with Crippen LogP contribution >= 0.6 is 24.0 Å². The van der Waals surface area contributed by atoms with E-state index in [0.29, 0.717) is 18.4 Å². The zero-order chi connectivity index (χ0) is 19.1. The quantitative estimate of drug-likeness (QED) is 0.345. The molecule has 7 nitrogen and oxygen atoms in total. The van der Waals surface area contributed by atoms with Crippen molar-refractivity contribution >= 4 is 35.8 Å². The highest BCUT2D eigenvalue weighted by Crippen LogP contribution is 2.15. The molecule has 3 fully saturated rings. The summed E-state index contributed by atoms with van der Waals surface area (Å²) in [6.45, 7) is 12.6. The number of halogens is 1. The number of hydrogen-bond donors (Lipinski definition) is 1. The molecule has 0 aromatic heterocycles. The van der Waals surface area contributed by atoms with Crippen LogP contribution in [-0.2, 0) is 4.79 Å². The first-order valence-electron chi connectivity index (χ1n) is 10.9. The molecule has 8 heteroatoms. The van der Waals surface area contributed by atoms with Crippen molar-refractivity contribution < 1.29 is 4.79 Å². The van der Waals surface area contributed by atoms with E-state index in [9.17, 15) is 4.79 Å². The molecule has 3 heterocycles. The Hall–Kier alpha value is -0.610. The van der Waals surface area contributed by atoms with E-state index in [4.69, 9.17) is 4.99 Å². The SMILES string of the molecule is CCNC(=NCC1CCCN(C)C1)N1CCN(CC(=O)N2CCCC2)CC1.I. The van der Waals surface area contributed by atoms with Crippen LogP contribution in [0.25, 0.3) is 0 Å². The van der Waals surface area contributed by atoms with Crippen LogP contribution in [-0.4, -0.2) is 111 Å². The van der Waals surface area contributed by atoms with Gasteiger partial charge in [0.1, 0.15) is 0 Å². The lowest BCUT2D eigenvalue weighted by Crippen LogP contribution is -2.54. The normalized spacial score (nSPS) is 24.9. The third-order valence-electron chi connectivity index (χ3n) is 6.05. The number of aliphatic imine (C=N–C) groups is 1. The first-order chi connectivity index (χ1) is 13.2. The highest BCUT2D eigenvalue weighted by Gasteiger charge is 2.25. The van der Waals surface area contributed by atoms with Gasteiger partial charge in [0, 0.05) is 58.9 Å². The number of piperazine rings is 1. The summed E-state index contributed by atoms with van der Waals surface area (Å²) in [7, 11) is 2.21. The molecule has 0 saturated carbocycles. The molecule has 0 aromatic rings. The summed E-state index contributed by atoms with van der Waals surface area (Å²) in [4.78, 5) is 26.4. The van der Waals surface area contributed by atoms with Gasteiger partial charge in [-0.25, -0.2) is 0 Å². The fourth-order valence-electron chi connectivity index (χ4n) is 4.44.